The van der Waals surface area contributed by atoms with Crippen molar-refractivity contribution in [3.63, 3.8) is 0 Å². The summed E-state index contributed by atoms with van der Waals surface area (Å²) < 4.78 is 13.0. The van der Waals surface area contributed by atoms with Crippen LogP contribution < -0.4 is 0 Å². The van der Waals surface area contributed by atoms with Gasteiger partial charge in [-0.15, -0.1) is 0 Å². The quantitative estimate of drug-likeness (QED) is 0.468. The van der Waals surface area contributed by atoms with Gasteiger partial charge in [0.2, 0.25) is 0 Å². The first kappa shape index (κ1) is 10.1. The van der Waals surface area contributed by atoms with Crippen molar-refractivity contribution in [2.75, 3.05) is 5.33 Å². The molecule has 0 bridgehead atoms. The van der Waals surface area contributed by atoms with Gasteiger partial charge < -0.3 is 0 Å². The summed E-state index contributed by atoms with van der Waals surface area (Å²) in [4.78, 5) is 9.75. The zero-order valence-corrected chi connectivity index (χ0v) is 8.20. The number of halogens is 2. The fourth-order valence-corrected chi connectivity index (χ4v) is 1.27. The van der Waals surface area contributed by atoms with Gasteiger partial charge in [-0.25, -0.2) is 4.39 Å². The highest BCUT2D eigenvalue weighted by molar-refractivity contribution is 9.09. The summed E-state index contributed by atoms with van der Waals surface area (Å²) in [6.07, 6.45) is -1.11. The van der Waals surface area contributed by atoms with Crippen molar-refractivity contribution in [3.8, 4) is 0 Å². The highest BCUT2D eigenvalue weighted by Crippen LogP contribution is 2.21. The van der Waals surface area contributed by atoms with Gasteiger partial charge >= 0.3 is 0 Å². The van der Waals surface area contributed by atoms with Gasteiger partial charge in [-0.05, 0) is 17.7 Å². The fourth-order valence-electron chi connectivity index (χ4n) is 0.894. The van der Waals surface area contributed by atoms with Crippen molar-refractivity contribution in [3.05, 3.63) is 39.9 Å². The largest absolute Gasteiger partial charge is 0.269 e. The van der Waals surface area contributed by atoms with Crippen LogP contribution in [0.5, 0.6) is 0 Å². The van der Waals surface area contributed by atoms with E-state index in [0.29, 0.717) is 5.56 Å². The van der Waals surface area contributed by atoms with E-state index in [1.54, 1.807) is 0 Å². The molecule has 1 aromatic carbocycles. The number of alkyl halides is 2. The molecule has 3 nitrogen and oxygen atoms in total. The molecule has 0 saturated carbocycles. The Balaban J connectivity index is 2.87. The lowest BCUT2D eigenvalue weighted by molar-refractivity contribution is -0.384. The molecule has 0 fully saturated rings. The van der Waals surface area contributed by atoms with Gasteiger partial charge in [-0.3, -0.25) is 10.1 Å². The standard InChI is InChI=1S/C8H7BrFNO2/c9-5-8(10)6-1-3-7(4-2-6)11(12)13/h1-4,8H,5H2. The van der Waals surface area contributed by atoms with E-state index in [1.165, 1.54) is 24.3 Å². The van der Waals surface area contributed by atoms with Crippen molar-refractivity contribution in [2.45, 2.75) is 6.17 Å². The number of hydrogen-bond donors (Lipinski definition) is 0. The summed E-state index contributed by atoms with van der Waals surface area (Å²) in [6, 6.07) is 5.43. The van der Waals surface area contributed by atoms with Crippen LogP contribution in [0.1, 0.15) is 11.7 Å². The third kappa shape index (κ3) is 2.48. The molecule has 0 heterocycles. The van der Waals surface area contributed by atoms with Crippen molar-refractivity contribution < 1.29 is 9.31 Å². The van der Waals surface area contributed by atoms with E-state index >= 15 is 0 Å². The number of rotatable bonds is 3. The van der Waals surface area contributed by atoms with E-state index < -0.39 is 11.1 Å². The average molecular weight is 248 g/mol. The third-order valence-corrected chi connectivity index (χ3v) is 2.17. The van der Waals surface area contributed by atoms with E-state index in [9.17, 15) is 14.5 Å². The van der Waals surface area contributed by atoms with Gasteiger partial charge in [0, 0.05) is 17.5 Å². The summed E-state index contributed by atoms with van der Waals surface area (Å²) in [5.74, 6) is 0. The number of nitro groups is 1. The molecule has 0 spiro atoms. The molecule has 0 radical (unpaired) electrons. The molecule has 0 amide bonds. The van der Waals surface area contributed by atoms with Gasteiger partial charge in [0.05, 0.1) is 4.92 Å². The van der Waals surface area contributed by atoms with Crippen molar-refractivity contribution in [2.24, 2.45) is 0 Å². The SMILES string of the molecule is O=[N+]([O-])c1ccc(C(F)CBr)cc1. The zero-order valence-electron chi connectivity index (χ0n) is 6.61. The predicted molar refractivity (Wildman–Crippen MR) is 50.7 cm³/mol. The van der Waals surface area contributed by atoms with E-state index in [2.05, 4.69) is 15.9 Å². The van der Waals surface area contributed by atoms with Gasteiger partial charge in [0.15, 0.2) is 0 Å². The van der Waals surface area contributed by atoms with E-state index in [0.717, 1.165) is 0 Å². The van der Waals surface area contributed by atoms with Crippen LogP contribution in [0.2, 0.25) is 0 Å². The molecule has 1 aromatic rings. The number of benzene rings is 1. The minimum atomic E-state index is -1.11. The second-order valence-electron chi connectivity index (χ2n) is 2.47. The Labute approximate surface area is 82.8 Å². The van der Waals surface area contributed by atoms with Crippen LogP contribution >= 0.6 is 15.9 Å². The van der Waals surface area contributed by atoms with E-state index in [4.69, 9.17) is 0 Å². The first-order chi connectivity index (χ1) is 6.15. The topological polar surface area (TPSA) is 43.1 Å². The average Bonchev–Trinajstić information content (AvgIpc) is 2.17. The predicted octanol–water partition coefficient (Wildman–Crippen LogP) is 3.00. The summed E-state index contributed by atoms with van der Waals surface area (Å²) in [7, 11) is 0. The second kappa shape index (κ2) is 4.32. The molecule has 0 saturated heterocycles. The molecule has 1 rings (SSSR count). The first-order valence-corrected chi connectivity index (χ1v) is 4.71. The summed E-state index contributed by atoms with van der Waals surface area (Å²) in [6.45, 7) is 0. The molecule has 70 valence electrons. The molecular formula is C8H7BrFNO2. The van der Waals surface area contributed by atoms with Gasteiger partial charge in [0.25, 0.3) is 5.69 Å². The number of nitrogens with zero attached hydrogens (tertiary/aromatic N) is 1. The lowest BCUT2D eigenvalue weighted by atomic mass is 10.1. The fraction of sp³-hybridized carbons (Fsp3) is 0.250. The monoisotopic (exact) mass is 247 g/mol. The first-order valence-electron chi connectivity index (χ1n) is 3.59. The maximum atomic E-state index is 13.0. The van der Waals surface area contributed by atoms with Crippen LogP contribution in [0.25, 0.3) is 0 Å². The molecule has 0 aliphatic heterocycles. The maximum Gasteiger partial charge on any atom is 0.269 e. The van der Waals surface area contributed by atoms with Crippen LogP contribution in [-0.4, -0.2) is 10.3 Å². The Kier molecular flexibility index (Phi) is 3.36. The molecule has 0 N–H and O–H groups in total. The minimum Gasteiger partial charge on any atom is -0.258 e. The highest BCUT2D eigenvalue weighted by atomic mass is 79.9. The maximum absolute atomic E-state index is 13.0. The lowest BCUT2D eigenvalue weighted by Gasteiger charge is -2.02. The van der Waals surface area contributed by atoms with Crippen LogP contribution in [0.15, 0.2) is 24.3 Å². The second-order valence-corrected chi connectivity index (χ2v) is 3.12. The Bertz CT molecular complexity index is 302. The summed E-state index contributed by atoms with van der Waals surface area (Å²) in [5.41, 5.74) is 0.424. The third-order valence-electron chi connectivity index (χ3n) is 1.60. The Hall–Kier alpha value is -0.970. The van der Waals surface area contributed by atoms with Crippen LogP contribution in [0, 0.1) is 10.1 Å². The number of non-ortho nitro benzene ring substituents is 1. The Morgan fingerprint density at radius 2 is 2.00 bits per heavy atom. The molecular weight excluding hydrogens is 241 g/mol. The van der Waals surface area contributed by atoms with Crippen LogP contribution in [-0.2, 0) is 0 Å². The summed E-state index contributed by atoms with van der Waals surface area (Å²) >= 11 is 2.99. The van der Waals surface area contributed by atoms with Crippen LogP contribution in [0.3, 0.4) is 0 Å². The molecule has 5 heteroatoms. The van der Waals surface area contributed by atoms with Gasteiger partial charge in [-0.1, -0.05) is 15.9 Å². The number of nitro benzene ring substituents is 1. The molecule has 0 aliphatic carbocycles. The Morgan fingerprint density at radius 1 is 1.46 bits per heavy atom. The highest BCUT2D eigenvalue weighted by Gasteiger charge is 2.10. The molecule has 0 aromatic heterocycles. The van der Waals surface area contributed by atoms with Crippen molar-refractivity contribution in [1.29, 1.82) is 0 Å². The minimum absolute atomic E-state index is 0.0227. The van der Waals surface area contributed by atoms with E-state index in [-0.39, 0.29) is 11.0 Å². The molecule has 1 unspecified atom stereocenters. The normalized spacial score (nSPS) is 12.5. The Morgan fingerprint density at radius 3 is 2.38 bits per heavy atom. The summed E-state index contributed by atoms with van der Waals surface area (Å²) in [5, 5.41) is 10.5. The van der Waals surface area contributed by atoms with Gasteiger partial charge in [0.1, 0.15) is 6.17 Å². The van der Waals surface area contributed by atoms with Crippen LogP contribution in [0.4, 0.5) is 10.1 Å². The van der Waals surface area contributed by atoms with Gasteiger partial charge in [-0.2, -0.15) is 0 Å². The molecule has 13 heavy (non-hydrogen) atoms. The number of hydrogen-bond acceptors (Lipinski definition) is 2. The molecule has 1 atom stereocenters. The zero-order chi connectivity index (χ0) is 9.84. The molecule has 0 aliphatic rings. The van der Waals surface area contributed by atoms with Crippen molar-refractivity contribution in [1.82, 2.24) is 0 Å². The smallest absolute Gasteiger partial charge is 0.258 e. The van der Waals surface area contributed by atoms with Crippen molar-refractivity contribution >= 4 is 21.6 Å². The lowest BCUT2D eigenvalue weighted by Crippen LogP contribution is -1.93. The van der Waals surface area contributed by atoms with E-state index in [1.807, 2.05) is 0 Å².